The second kappa shape index (κ2) is 7.81. The van der Waals surface area contributed by atoms with Crippen LogP contribution >= 0.6 is 0 Å². The second-order valence-electron chi connectivity index (χ2n) is 6.50. The van der Waals surface area contributed by atoms with Crippen molar-refractivity contribution >= 4 is 23.7 Å². The zero-order chi connectivity index (χ0) is 22.1. The Morgan fingerprint density at radius 1 is 1.10 bits per heavy atom. The summed E-state index contributed by atoms with van der Waals surface area (Å²) in [7, 11) is 1.42. The normalized spacial score (nSPS) is 16.6. The van der Waals surface area contributed by atoms with E-state index in [0.29, 0.717) is 17.9 Å². The molecule has 0 aromatic heterocycles. The first-order valence-corrected chi connectivity index (χ1v) is 8.60. The van der Waals surface area contributed by atoms with Gasteiger partial charge >= 0.3 is 18.4 Å². The number of benzene rings is 2. The van der Waals surface area contributed by atoms with Crippen LogP contribution in [0.15, 0.2) is 53.6 Å². The Morgan fingerprint density at radius 2 is 1.70 bits per heavy atom. The lowest BCUT2D eigenvalue weighted by Gasteiger charge is -2.21. The van der Waals surface area contributed by atoms with Crippen molar-refractivity contribution in [2.45, 2.75) is 18.2 Å². The second-order valence-corrected chi connectivity index (χ2v) is 6.50. The highest BCUT2D eigenvalue weighted by atomic mass is 19.4. The fourth-order valence-corrected chi connectivity index (χ4v) is 2.75. The van der Waals surface area contributed by atoms with Gasteiger partial charge in [0.2, 0.25) is 0 Å². The van der Waals surface area contributed by atoms with E-state index < -0.39 is 24.1 Å². The number of ether oxygens (including phenoxy) is 1. The summed E-state index contributed by atoms with van der Waals surface area (Å²) in [5, 5.41) is 14.8. The van der Waals surface area contributed by atoms with Crippen molar-refractivity contribution in [2.24, 2.45) is 5.10 Å². The van der Waals surface area contributed by atoms with Crippen LogP contribution in [0.25, 0.3) is 0 Å². The molecule has 1 amide bonds. The van der Waals surface area contributed by atoms with Gasteiger partial charge in [0.25, 0.3) is 0 Å². The molecule has 6 nitrogen and oxygen atoms in total. The van der Waals surface area contributed by atoms with E-state index in [0.717, 1.165) is 22.6 Å². The molecule has 1 aliphatic heterocycles. The number of hydrogen-bond donors (Lipinski definition) is 1. The van der Waals surface area contributed by atoms with E-state index in [1.807, 2.05) is 0 Å². The van der Waals surface area contributed by atoms with Gasteiger partial charge in [-0.15, -0.1) is 0 Å². The molecule has 0 saturated carbocycles. The molecule has 30 heavy (non-hydrogen) atoms. The van der Waals surface area contributed by atoms with Crippen LogP contribution in [0.2, 0.25) is 0 Å². The molecule has 11 heteroatoms. The topological polar surface area (TPSA) is 65.4 Å². The standard InChI is InChI=1S/C19H16F5N3O3/c1-26(17(28)29)14-4-2-12(3-5-14)13-10-25-27(11-13)15-6-8-16(9-7-15)30-19(23,24)18(20,21)22/h2-10,13H,11H2,1H3,(H,28,29). The molecule has 0 aliphatic carbocycles. The third-order valence-corrected chi connectivity index (χ3v) is 4.46. The molecule has 0 spiro atoms. The Kier molecular flexibility index (Phi) is 5.55. The van der Waals surface area contributed by atoms with Crippen LogP contribution in [0.1, 0.15) is 11.5 Å². The van der Waals surface area contributed by atoms with E-state index >= 15 is 0 Å². The Labute approximate surface area is 167 Å². The molecule has 1 heterocycles. The van der Waals surface area contributed by atoms with Crippen LogP contribution in [0.4, 0.5) is 38.1 Å². The molecule has 2 aromatic rings. The predicted octanol–water partition coefficient (Wildman–Crippen LogP) is 4.92. The van der Waals surface area contributed by atoms with Gasteiger partial charge in [0.05, 0.1) is 12.2 Å². The van der Waals surface area contributed by atoms with Crippen molar-refractivity contribution in [1.82, 2.24) is 0 Å². The van der Waals surface area contributed by atoms with Gasteiger partial charge in [0, 0.05) is 24.9 Å². The van der Waals surface area contributed by atoms with Crippen molar-refractivity contribution in [2.75, 3.05) is 23.5 Å². The predicted molar refractivity (Wildman–Crippen MR) is 99.5 cm³/mol. The van der Waals surface area contributed by atoms with Crippen molar-refractivity contribution in [3.63, 3.8) is 0 Å². The SMILES string of the molecule is CN(C(=O)O)c1ccc(C2C=NN(c3ccc(OC(F)(F)C(F)(F)F)cc3)C2)cc1. The Balaban J connectivity index is 1.64. The third kappa shape index (κ3) is 4.44. The van der Waals surface area contributed by atoms with Crippen LogP contribution in [0.5, 0.6) is 5.75 Å². The average Bonchev–Trinajstić information content (AvgIpc) is 3.17. The van der Waals surface area contributed by atoms with E-state index in [1.54, 1.807) is 35.5 Å². The number of carboxylic acid groups (broad SMARTS) is 1. The van der Waals surface area contributed by atoms with E-state index in [-0.39, 0.29) is 5.92 Å². The van der Waals surface area contributed by atoms with Crippen molar-refractivity contribution < 1.29 is 36.6 Å². The third-order valence-electron chi connectivity index (χ3n) is 4.46. The number of carbonyl (C=O) groups is 1. The first kappa shape index (κ1) is 21.3. The van der Waals surface area contributed by atoms with Gasteiger partial charge in [-0.25, -0.2) is 4.79 Å². The zero-order valence-electron chi connectivity index (χ0n) is 15.5. The van der Waals surface area contributed by atoms with Crippen LogP contribution < -0.4 is 14.6 Å². The number of halogens is 5. The number of alkyl halides is 5. The minimum Gasteiger partial charge on any atom is -0.465 e. The summed E-state index contributed by atoms with van der Waals surface area (Å²) in [6.45, 7) is 0.410. The highest BCUT2D eigenvalue weighted by molar-refractivity contribution is 5.85. The fourth-order valence-electron chi connectivity index (χ4n) is 2.75. The van der Waals surface area contributed by atoms with Crippen LogP contribution in [-0.2, 0) is 0 Å². The summed E-state index contributed by atoms with van der Waals surface area (Å²) in [5.41, 5.74) is 1.87. The first-order valence-electron chi connectivity index (χ1n) is 8.60. The van der Waals surface area contributed by atoms with Gasteiger partial charge in [-0.1, -0.05) is 12.1 Å². The molecule has 1 aliphatic rings. The monoisotopic (exact) mass is 429 g/mol. The minimum absolute atomic E-state index is 0.111. The summed E-state index contributed by atoms with van der Waals surface area (Å²) in [6.07, 6.45) is -10.5. The maximum Gasteiger partial charge on any atom is 0.499 e. The molecule has 0 bridgehead atoms. The number of amides is 1. The summed E-state index contributed by atoms with van der Waals surface area (Å²) in [5.74, 6) is -0.737. The van der Waals surface area contributed by atoms with Gasteiger partial charge in [-0.3, -0.25) is 9.91 Å². The number of anilines is 2. The number of hydrogen-bond acceptors (Lipinski definition) is 4. The summed E-state index contributed by atoms with van der Waals surface area (Å²) < 4.78 is 66.4. The molecular formula is C19H16F5N3O3. The maximum absolute atomic E-state index is 13.0. The van der Waals surface area contributed by atoms with Crippen molar-refractivity contribution in [3.05, 3.63) is 54.1 Å². The van der Waals surface area contributed by atoms with E-state index in [1.165, 1.54) is 19.2 Å². The summed E-state index contributed by atoms with van der Waals surface area (Å²) in [4.78, 5) is 12.1. The van der Waals surface area contributed by atoms with Crippen LogP contribution in [-0.4, -0.2) is 43.3 Å². The largest absolute Gasteiger partial charge is 0.499 e. The van der Waals surface area contributed by atoms with Gasteiger partial charge in [-0.05, 0) is 42.0 Å². The lowest BCUT2D eigenvalue weighted by atomic mass is 10.0. The Hall–Kier alpha value is -3.37. The molecule has 3 rings (SSSR count). The van der Waals surface area contributed by atoms with Gasteiger partial charge in [-0.2, -0.15) is 27.1 Å². The fraction of sp³-hybridized carbons (Fsp3) is 0.263. The van der Waals surface area contributed by atoms with Gasteiger partial charge in [0.15, 0.2) is 0 Å². The maximum atomic E-state index is 13.0. The number of nitrogens with zero attached hydrogens (tertiary/aromatic N) is 3. The molecule has 160 valence electrons. The molecule has 0 saturated heterocycles. The summed E-state index contributed by atoms with van der Waals surface area (Å²) in [6, 6.07) is 11.5. The van der Waals surface area contributed by atoms with E-state index in [9.17, 15) is 26.7 Å². The zero-order valence-corrected chi connectivity index (χ0v) is 15.5. The highest BCUT2D eigenvalue weighted by Crippen LogP contribution is 2.38. The van der Waals surface area contributed by atoms with Crippen molar-refractivity contribution in [3.8, 4) is 5.75 Å². The van der Waals surface area contributed by atoms with Crippen LogP contribution in [0.3, 0.4) is 0 Å². The Morgan fingerprint density at radius 3 is 2.23 bits per heavy atom. The molecule has 1 N–H and O–H groups in total. The molecule has 2 aromatic carbocycles. The van der Waals surface area contributed by atoms with E-state index in [4.69, 9.17) is 5.11 Å². The molecule has 1 unspecified atom stereocenters. The first-order chi connectivity index (χ1) is 14.0. The quantitative estimate of drug-likeness (QED) is 0.685. The molecule has 0 fully saturated rings. The summed E-state index contributed by atoms with van der Waals surface area (Å²) >= 11 is 0. The van der Waals surface area contributed by atoms with Gasteiger partial charge in [0.1, 0.15) is 5.75 Å². The Bertz CT molecular complexity index is 930. The highest BCUT2D eigenvalue weighted by Gasteiger charge is 2.61. The lowest BCUT2D eigenvalue weighted by molar-refractivity contribution is -0.360. The lowest BCUT2D eigenvalue weighted by Crippen LogP contribution is -2.41. The van der Waals surface area contributed by atoms with Gasteiger partial charge < -0.3 is 9.84 Å². The smallest absolute Gasteiger partial charge is 0.465 e. The van der Waals surface area contributed by atoms with Crippen LogP contribution in [0, 0.1) is 0 Å². The minimum atomic E-state index is -5.81. The molecule has 0 radical (unpaired) electrons. The molecule has 1 atom stereocenters. The number of rotatable bonds is 5. The number of hydrazone groups is 1. The average molecular weight is 429 g/mol. The van der Waals surface area contributed by atoms with Crippen molar-refractivity contribution in [1.29, 1.82) is 0 Å². The molecular weight excluding hydrogens is 413 g/mol. The van der Waals surface area contributed by atoms with E-state index in [2.05, 4.69) is 9.84 Å².